The quantitative estimate of drug-likeness (QED) is 0.827. The fourth-order valence-corrected chi connectivity index (χ4v) is 1.58. The molecule has 0 aliphatic heterocycles. The maximum absolute atomic E-state index is 11.9. The van der Waals surface area contributed by atoms with Crippen LogP contribution in [0.4, 0.5) is 0 Å². The highest BCUT2D eigenvalue weighted by molar-refractivity contribution is 5.91. The van der Waals surface area contributed by atoms with Crippen molar-refractivity contribution in [2.24, 2.45) is 0 Å². The second-order valence-corrected chi connectivity index (χ2v) is 3.88. The van der Waals surface area contributed by atoms with Crippen LogP contribution in [-0.4, -0.2) is 27.5 Å². The number of hydrogen-bond acceptors (Lipinski definition) is 5. The summed E-state index contributed by atoms with van der Waals surface area (Å²) in [6.45, 7) is 2.60. The van der Waals surface area contributed by atoms with Crippen LogP contribution in [0.25, 0.3) is 0 Å². The third kappa shape index (κ3) is 3.41. The smallest absolute Gasteiger partial charge is 0.270 e. The molecule has 0 aliphatic carbocycles. The summed E-state index contributed by atoms with van der Waals surface area (Å²) in [6, 6.07) is 4.71. The van der Waals surface area contributed by atoms with Crippen LogP contribution in [0.1, 0.15) is 23.0 Å². The van der Waals surface area contributed by atoms with Gasteiger partial charge in [-0.05, 0) is 13.0 Å². The summed E-state index contributed by atoms with van der Waals surface area (Å²) in [4.78, 5) is 33.2. The third-order valence-corrected chi connectivity index (χ3v) is 2.48. The van der Waals surface area contributed by atoms with Crippen molar-refractivity contribution in [2.75, 3.05) is 6.61 Å². The van der Waals surface area contributed by atoms with Gasteiger partial charge in [-0.25, -0.2) is 9.97 Å². The molecule has 0 atom stereocenters. The molecular weight excluding hydrogens is 260 g/mol. The standard InChI is InChI=1S/C13H14N4O3/c1-2-20-13-9(4-3-5-14-13)7-15-12(19)10-6-11(18)17-8-16-10/h3-6,8H,2,7H2,1H3,(H,15,19)(H,16,17,18). The number of aromatic amines is 1. The van der Waals surface area contributed by atoms with Crippen molar-refractivity contribution in [1.29, 1.82) is 0 Å². The summed E-state index contributed by atoms with van der Waals surface area (Å²) in [6.07, 6.45) is 2.81. The van der Waals surface area contributed by atoms with E-state index in [0.29, 0.717) is 12.5 Å². The Bertz CT molecular complexity index is 654. The molecule has 0 spiro atoms. The topological polar surface area (TPSA) is 97.0 Å². The van der Waals surface area contributed by atoms with Gasteiger partial charge < -0.3 is 15.0 Å². The molecule has 0 saturated carbocycles. The van der Waals surface area contributed by atoms with E-state index in [-0.39, 0.29) is 17.8 Å². The summed E-state index contributed by atoms with van der Waals surface area (Å²) in [5.41, 5.74) is 0.449. The lowest BCUT2D eigenvalue weighted by Crippen LogP contribution is -2.25. The van der Waals surface area contributed by atoms with Gasteiger partial charge in [0.05, 0.1) is 12.9 Å². The molecule has 2 rings (SSSR count). The summed E-state index contributed by atoms with van der Waals surface area (Å²) < 4.78 is 5.36. The normalized spacial score (nSPS) is 10.1. The van der Waals surface area contributed by atoms with Gasteiger partial charge in [0.15, 0.2) is 0 Å². The predicted molar refractivity (Wildman–Crippen MR) is 71.4 cm³/mol. The number of ether oxygens (including phenoxy) is 1. The Morgan fingerprint density at radius 1 is 1.45 bits per heavy atom. The Morgan fingerprint density at radius 3 is 3.05 bits per heavy atom. The van der Waals surface area contributed by atoms with E-state index in [2.05, 4.69) is 20.3 Å². The first kappa shape index (κ1) is 13.7. The number of rotatable bonds is 5. The zero-order chi connectivity index (χ0) is 14.4. The summed E-state index contributed by atoms with van der Waals surface area (Å²) in [7, 11) is 0. The third-order valence-electron chi connectivity index (χ3n) is 2.48. The summed E-state index contributed by atoms with van der Waals surface area (Å²) >= 11 is 0. The SMILES string of the molecule is CCOc1ncccc1CNC(=O)c1cc(=O)[nH]cn1. The molecule has 2 N–H and O–H groups in total. The van der Waals surface area contributed by atoms with Crippen LogP contribution >= 0.6 is 0 Å². The van der Waals surface area contributed by atoms with Gasteiger partial charge >= 0.3 is 0 Å². The first-order valence-electron chi connectivity index (χ1n) is 6.10. The van der Waals surface area contributed by atoms with Crippen LogP contribution < -0.4 is 15.6 Å². The minimum absolute atomic E-state index is 0.0654. The van der Waals surface area contributed by atoms with Crippen molar-refractivity contribution in [3.05, 3.63) is 52.3 Å². The Kier molecular flexibility index (Phi) is 4.43. The molecule has 0 bridgehead atoms. The molecule has 2 aromatic heterocycles. The van der Waals surface area contributed by atoms with Gasteiger partial charge in [0.2, 0.25) is 5.88 Å². The maximum Gasteiger partial charge on any atom is 0.270 e. The molecule has 2 heterocycles. The van der Waals surface area contributed by atoms with Crippen LogP contribution in [0, 0.1) is 0 Å². The molecule has 7 nitrogen and oxygen atoms in total. The molecule has 0 unspecified atom stereocenters. The lowest BCUT2D eigenvalue weighted by atomic mass is 10.2. The largest absolute Gasteiger partial charge is 0.478 e. The van der Waals surface area contributed by atoms with Crippen molar-refractivity contribution < 1.29 is 9.53 Å². The zero-order valence-corrected chi connectivity index (χ0v) is 10.9. The highest BCUT2D eigenvalue weighted by Crippen LogP contribution is 2.13. The lowest BCUT2D eigenvalue weighted by molar-refractivity contribution is 0.0945. The molecule has 1 amide bonds. The molecule has 0 saturated heterocycles. The Labute approximate surface area is 115 Å². The molecule has 2 aromatic rings. The number of hydrogen-bond donors (Lipinski definition) is 2. The van der Waals surface area contributed by atoms with E-state index in [4.69, 9.17) is 4.74 Å². The fraction of sp³-hybridized carbons (Fsp3) is 0.231. The number of carbonyl (C=O) groups excluding carboxylic acids is 1. The monoisotopic (exact) mass is 274 g/mol. The maximum atomic E-state index is 11.9. The first-order valence-corrected chi connectivity index (χ1v) is 6.10. The van der Waals surface area contributed by atoms with E-state index in [0.717, 1.165) is 11.6 Å². The van der Waals surface area contributed by atoms with Crippen LogP contribution in [0.15, 0.2) is 35.5 Å². The molecular formula is C13H14N4O3. The predicted octanol–water partition coefficient (Wildman–Crippen LogP) is 0.494. The van der Waals surface area contributed by atoms with E-state index in [1.807, 2.05) is 13.0 Å². The van der Waals surface area contributed by atoms with Gasteiger partial charge in [0.25, 0.3) is 11.5 Å². The van der Waals surface area contributed by atoms with Gasteiger partial charge in [-0.3, -0.25) is 9.59 Å². The van der Waals surface area contributed by atoms with Crippen molar-refractivity contribution in [3.63, 3.8) is 0 Å². The second-order valence-electron chi connectivity index (χ2n) is 3.88. The van der Waals surface area contributed by atoms with E-state index >= 15 is 0 Å². The Morgan fingerprint density at radius 2 is 2.30 bits per heavy atom. The van der Waals surface area contributed by atoms with E-state index in [1.54, 1.807) is 12.3 Å². The van der Waals surface area contributed by atoms with Crippen LogP contribution in [0.5, 0.6) is 5.88 Å². The van der Waals surface area contributed by atoms with E-state index in [9.17, 15) is 9.59 Å². The lowest BCUT2D eigenvalue weighted by Gasteiger charge is -2.09. The van der Waals surface area contributed by atoms with Crippen molar-refractivity contribution in [3.8, 4) is 5.88 Å². The average molecular weight is 274 g/mol. The van der Waals surface area contributed by atoms with Crippen LogP contribution in [0.3, 0.4) is 0 Å². The average Bonchev–Trinajstić information content (AvgIpc) is 2.46. The van der Waals surface area contributed by atoms with Crippen molar-refractivity contribution >= 4 is 5.91 Å². The molecule has 7 heteroatoms. The summed E-state index contributed by atoms with van der Waals surface area (Å²) in [5, 5.41) is 2.67. The van der Waals surface area contributed by atoms with Crippen molar-refractivity contribution in [1.82, 2.24) is 20.3 Å². The van der Waals surface area contributed by atoms with Gasteiger partial charge in [0, 0.05) is 24.4 Å². The number of amides is 1. The minimum Gasteiger partial charge on any atom is -0.478 e. The Hall–Kier alpha value is -2.70. The Balaban J connectivity index is 2.05. The van der Waals surface area contributed by atoms with E-state index in [1.165, 1.54) is 6.33 Å². The van der Waals surface area contributed by atoms with Gasteiger partial charge in [-0.15, -0.1) is 0 Å². The number of nitrogens with zero attached hydrogens (tertiary/aromatic N) is 2. The van der Waals surface area contributed by atoms with E-state index < -0.39 is 5.91 Å². The number of H-pyrrole nitrogens is 1. The molecule has 0 radical (unpaired) electrons. The molecule has 0 aromatic carbocycles. The van der Waals surface area contributed by atoms with Crippen molar-refractivity contribution in [2.45, 2.75) is 13.5 Å². The number of nitrogens with one attached hydrogen (secondary N) is 2. The number of pyridine rings is 1. The van der Waals surface area contributed by atoms with Crippen LogP contribution in [0.2, 0.25) is 0 Å². The first-order chi connectivity index (χ1) is 9.70. The zero-order valence-electron chi connectivity index (χ0n) is 10.9. The van der Waals surface area contributed by atoms with Gasteiger partial charge in [-0.1, -0.05) is 6.07 Å². The number of aromatic nitrogens is 3. The molecule has 104 valence electrons. The fourth-order valence-electron chi connectivity index (χ4n) is 1.58. The molecule has 20 heavy (non-hydrogen) atoms. The van der Waals surface area contributed by atoms with Gasteiger partial charge in [-0.2, -0.15) is 0 Å². The number of carbonyl (C=O) groups is 1. The highest BCUT2D eigenvalue weighted by Gasteiger charge is 2.09. The van der Waals surface area contributed by atoms with Gasteiger partial charge in [0.1, 0.15) is 5.69 Å². The van der Waals surface area contributed by atoms with Crippen LogP contribution in [-0.2, 0) is 6.54 Å². The molecule has 0 fully saturated rings. The summed E-state index contributed by atoms with van der Waals surface area (Å²) in [5.74, 6) is 0.0524. The molecule has 0 aliphatic rings. The minimum atomic E-state index is -0.428. The highest BCUT2D eigenvalue weighted by atomic mass is 16.5. The second kappa shape index (κ2) is 6.46.